The molecule has 3 aromatic rings. The van der Waals surface area contributed by atoms with Crippen molar-refractivity contribution in [2.24, 2.45) is 0 Å². The Balaban J connectivity index is 2.65. The SMILES string of the molecule is c1ccc2c(c1)cnc1[nH]ncc12. The van der Waals surface area contributed by atoms with Crippen molar-refractivity contribution in [2.45, 2.75) is 0 Å². The van der Waals surface area contributed by atoms with Crippen molar-refractivity contribution in [2.75, 3.05) is 0 Å². The van der Waals surface area contributed by atoms with Crippen LogP contribution in [0.1, 0.15) is 0 Å². The molecule has 0 saturated carbocycles. The van der Waals surface area contributed by atoms with Gasteiger partial charge in [0.1, 0.15) is 0 Å². The number of nitrogens with zero attached hydrogens (tertiary/aromatic N) is 2. The van der Waals surface area contributed by atoms with Crippen molar-refractivity contribution in [1.82, 2.24) is 15.2 Å². The number of aromatic amines is 1. The van der Waals surface area contributed by atoms with Crippen molar-refractivity contribution in [3.63, 3.8) is 0 Å². The number of rotatable bonds is 0. The first-order chi connectivity index (χ1) is 6.45. The van der Waals surface area contributed by atoms with Gasteiger partial charge < -0.3 is 0 Å². The van der Waals surface area contributed by atoms with Crippen LogP contribution in [0.2, 0.25) is 0 Å². The normalized spacial score (nSPS) is 11.1. The minimum Gasteiger partial charge on any atom is -0.261 e. The molecule has 1 aromatic carbocycles. The zero-order chi connectivity index (χ0) is 8.67. The van der Waals surface area contributed by atoms with E-state index in [0.717, 1.165) is 16.4 Å². The summed E-state index contributed by atoms with van der Waals surface area (Å²) in [7, 11) is 0. The van der Waals surface area contributed by atoms with Gasteiger partial charge in [0.05, 0.1) is 6.20 Å². The maximum atomic E-state index is 4.25. The number of benzene rings is 1. The lowest BCUT2D eigenvalue weighted by Gasteiger charge is -1.96. The first-order valence-corrected chi connectivity index (χ1v) is 4.12. The highest BCUT2D eigenvalue weighted by Gasteiger charge is 2.00. The first-order valence-electron chi connectivity index (χ1n) is 4.12. The summed E-state index contributed by atoms with van der Waals surface area (Å²) in [5.74, 6) is 0. The lowest BCUT2D eigenvalue weighted by molar-refractivity contribution is 1.10. The molecule has 2 heterocycles. The molecular weight excluding hydrogens is 162 g/mol. The van der Waals surface area contributed by atoms with Gasteiger partial charge in [-0.15, -0.1) is 0 Å². The van der Waals surface area contributed by atoms with E-state index in [1.54, 1.807) is 0 Å². The lowest BCUT2D eigenvalue weighted by Crippen LogP contribution is -1.78. The monoisotopic (exact) mass is 169 g/mol. The standard InChI is InChI=1S/C10H7N3/c1-2-4-8-7(3-1)5-11-10-9(8)6-12-13-10/h1-6H,(H,11,12,13). The minimum atomic E-state index is 0.846. The molecule has 0 atom stereocenters. The van der Waals surface area contributed by atoms with Crippen LogP contribution in [0.5, 0.6) is 0 Å². The number of nitrogens with one attached hydrogen (secondary N) is 1. The van der Waals surface area contributed by atoms with Crippen LogP contribution >= 0.6 is 0 Å². The fourth-order valence-corrected chi connectivity index (χ4v) is 1.56. The minimum absolute atomic E-state index is 0.846. The second kappa shape index (κ2) is 2.29. The molecule has 0 bridgehead atoms. The Morgan fingerprint density at radius 3 is 2.92 bits per heavy atom. The highest BCUT2D eigenvalue weighted by atomic mass is 15.1. The third-order valence-corrected chi connectivity index (χ3v) is 2.20. The molecule has 3 nitrogen and oxygen atoms in total. The van der Waals surface area contributed by atoms with Crippen molar-refractivity contribution in [3.05, 3.63) is 36.7 Å². The fourth-order valence-electron chi connectivity index (χ4n) is 1.56. The van der Waals surface area contributed by atoms with Crippen LogP contribution in [0.4, 0.5) is 0 Å². The van der Waals surface area contributed by atoms with Gasteiger partial charge >= 0.3 is 0 Å². The van der Waals surface area contributed by atoms with Gasteiger partial charge in [-0.25, -0.2) is 4.98 Å². The van der Waals surface area contributed by atoms with E-state index in [1.165, 1.54) is 5.39 Å². The van der Waals surface area contributed by atoms with Gasteiger partial charge in [0.2, 0.25) is 0 Å². The largest absolute Gasteiger partial charge is 0.261 e. The molecule has 0 fully saturated rings. The molecule has 62 valence electrons. The Labute approximate surface area is 74.4 Å². The second-order valence-electron chi connectivity index (χ2n) is 2.98. The van der Waals surface area contributed by atoms with Crippen molar-refractivity contribution in [3.8, 4) is 0 Å². The third-order valence-electron chi connectivity index (χ3n) is 2.20. The van der Waals surface area contributed by atoms with E-state index >= 15 is 0 Å². The highest BCUT2D eigenvalue weighted by molar-refractivity contribution is 6.03. The first kappa shape index (κ1) is 6.60. The predicted octanol–water partition coefficient (Wildman–Crippen LogP) is 2.11. The second-order valence-corrected chi connectivity index (χ2v) is 2.98. The van der Waals surface area contributed by atoms with E-state index in [4.69, 9.17) is 0 Å². The predicted molar refractivity (Wildman–Crippen MR) is 51.4 cm³/mol. The summed E-state index contributed by atoms with van der Waals surface area (Å²) in [6, 6.07) is 8.16. The summed E-state index contributed by atoms with van der Waals surface area (Å²) >= 11 is 0. The summed E-state index contributed by atoms with van der Waals surface area (Å²) in [5.41, 5.74) is 0.846. The van der Waals surface area contributed by atoms with E-state index in [9.17, 15) is 0 Å². The average molecular weight is 169 g/mol. The van der Waals surface area contributed by atoms with Crippen LogP contribution in [0.3, 0.4) is 0 Å². The van der Waals surface area contributed by atoms with Gasteiger partial charge in [-0.05, 0) is 5.39 Å². The molecule has 0 saturated heterocycles. The smallest absolute Gasteiger partial charge is 0.155 e. The molecule has 0 unspecified atom stereocenters. The van der Waals surface area contributed by atoms with E-state index in [1.807, 2.05) is 24.5 Å². The molecule has 0 aliphatic rings. The van der Waals surface area contributed by atoms with Crippen LogP contribution in [0, 0.1) is 0 Å². The molecular formula is C10H7N3. The summed E-state index contributed by atoms with van der Waals surface area (Å²) < 4.78 is 0. The molecule has 1 N–H and O–H groups in total. The van der Waals surface area contributed by atoms with E-state index < -0.39 is 0 Å². The number of H-pyrrole nitrogens is 1. The number of fused-ring (bicyclic) bond motifs is 3. The number of aromatic nitrogens is 3. The van der Waals surface area contributed by atoms with Crippen molar-refractivity contribution >= 4 is 21.8 Å². The van der Waals surface area contributed by atoms with Crippen LogP contribution in [-0.2, 0) is 0 Å². The molecule has 3 rings (SSSR count). The maximum absolute atomic E-state index is 4.25. The van der Waals surface area contributed by atoms with Gasteiger partial charge in [-0.3, -0.25) is 5.10 Å². The molecule has 0 aliphatic carbocycles. The van der Waals surface area contributed by atoms with Crippen LogP contribution in [-0.4, -0.2) is 15.2 Å². The van der Waals surface area contributed by atoms with Gasteiger partial charge in [0, 0.05) is 17.0 Å². The molecule has 0 radical (unpaired) electrons. The maximum Gasteiger partial charge on any atom is 0.155 e. The molecule has 13 heavy (non-hydrogen) atoms. The third kappa shape index (κ3) is 0.839. The summed E-state index contributed by atoms with van der Waals surface area (Å²) in [5, 5.41) is 10.2. The Bertz CT molecular complexity index is 568. The van der Waals surface area contributed by atoms with E-state index in [-0.39, 0.29) is 0 Å². The van der Waals surface area contributed by atoms with E-state index in [0.29, 0.717) is 0 Å². The Morgan fingerprint density at radius 1 is 1.00 bits per heavy atom. The molecule has 0 aliphatic heterocycles. The van der Waals surface area contributed by atoms with Gasteiger partial charge in [0.15, 0.2) is 5.65 Å². The van der Waals surface area contributed by atoms with Gasteiger partial charge in [-0.2, -0.15) is 5.10 Å². The zero-order valence-corrected chi connectivity index (χ0v) is 6.86. The molecule has 3 heteroatoms. The Morgan fingerprint density at radius 2 is 1.92 bits per heavy atom. The fraction of sp³-hybridized carbons (Fsp3) is 0. The quantitative estimate of drug-likeness (QED) is 0.560. The van der Waals surface area contributed by atoms with E-state index in [2.05, 4.69) is 27.3 Å². The topological polar surface area (TPSA) is 41.6 Å². The molecule has 0 spiro atoms. The summed E-state index contributed by atoms with van der Waals surface area (Å²) in [6.07, 6.45) is 3.67. The number of hydrogen-bond acceptors (Lipinski definition) is 2. The van der Waals surface area contributed by atoms with Crippen LogP contribution in [0.15, 0.2) is 36.7 Å². The molecule has 2 aromatic heterocycles. The Kier molecular flexibility index (Phi) is 1.16. The van der Waals surface area contributed by atoms with Crippen molar-refractivity contribution in [1.29, 1.82) is 0 Å². The molecule has 0 amide bonds. The van der Waals surface area contributed by atoms with Crippen LogP contribution < -0.4 is 0 Å². The number of pyridine rings is 1. The summed E-state index contributed by atoms with van der Waals surface area (Å²) in [6.45, 7) is 0. The van der Waals surface area contributed by atoms with Gasteiger partial charge in [-0.1, -0.05) is 24.3 Å². The van der Waals surface area contributed by atoms with Crippen molar-refractivity contribution < 1.29 is 0 Å². The summed E-state index contributed by atoms with van der Waals surface area (Å²) in [4.78, 5) is 4.25. The van der Waals surface area contributed by atoms with Crippen LogP contribution in [0.25, 0.3) is 21.8 Å². The number of hydrogen-bond donors (Lipinski definition) is 1. The average Bonchev–Trinajstić information content (AvgIpc) is 2.65. The van der Waals surface area contributed by atoms with Gasteiger partial charge in [0.25, 0.3) is 0 Å². The highest BCUT2D eigenvalue weighted by Crippen LogP contribution is 2.20. The zero-order valence-electron chi connectivity index (χ0n) is 6.86. The Hall–Kier alpha value is -1.90. The lowest BCUT2D eigenvalue weighted by atomic mass is 10.1.